The maximum Gasteiger partial charge on any atom is 0.169 e. The molecule has 1 heterocycles. The van der Waals surface area contributed by atoms with Crippen molar-refractivity contribution in [1.29, 1.82) is 0 Å². The van der Waals surface area contributed by atoms with E-state index in [1.807, 2.05) is 6.92 Å². The van der Waals surface area contributed by atoms with Crippen LogP contribution < -0.4 is 0 Å². The Morgan fingerprint density at radius 3 is 3.15 bits per heavy atom. The Hall–Kier alpha value is -0.260. The van der Waals surface area contributed by atoms with Gasteiger partial charge in [-0.2, -0.15) is 0 Å². The molecule has 1 aromatic rings. The molecule has 0 spiro atoms. The molecule has 0 aliphatic carbocycles. The van der Waals surface area contributed by atoms with Crippen molar-refractivity contribution in [2.45, 2.75) is 11.8 Å². The molecule has 0 aromatic carbocycles. The molecule has 1 rings (SSSR count). The summed E-state index contributed by atoms with van der Waals surface area (Å²) in [7, 11) is 0. The van der Waals surface area contributed by atoms with Crippen molar-refractivity contribution in [1.82, 2.24) is 4.98 Å². The van der Waals surface area contributed by atoms with Crippen LogP contribution in [0.5, 0.6) is 0 Å². The second kappa shape index (κ2) is 5.47. The molecule has 1 unspecified atom stereocenters. The predicted octanol–water partition coefficient (Wildman–Crippen LogP) is 2.43. The van der Waals surface area contributed by atoms with Gasteiger partial charge in [0.2, 0.25) is 0 Å². The Morgan fingerprint density at radius 1 is 1.85 bits per heavy atom. The highest BCUT2D eigenvalue weighted by molar-refractivity contribution is 9.09. The van der Waals surface area contributed by atoms with E-state index in [4.69, 9.17) is 4.74 Å². The molecule has 0 N–H and O–H groups in total. The number of hydrogen-bond donors (Lipinski definition) is 0. The number of halogens is 1. The van der Waals surface area contributed by atoms with Crippen molar-refractivity contribution in [3.8, 4) is 0 Å². The van der Waals surface area contributed by atoms with Crippen LogP contribution in [0.2, 0.25) is 0 Å². The number of thiazole rings is 1. The van der Waals surface area contributed by atoms with Gasteiger partial charge in [0.15, 0.2) is 6.29 Å². The summed E-state index contributed by atoms with van der Waals surface area (Å²) in [5, 5.41) is 2.62. The highest BCUT2D eigenvalue weighted by atomic mass is 79.9. The fourth-order valence-electron chi connectivity index (χ4n) is 0.791. The quantitative estimate of drug-likeness (QED) is 0.605. The number of carbonyl (C=O) groups excluding carboxylic acids is 1. The lowest BCUT2D eigenvalue weighted by Gasteiger charge is -2.04. The molecule has 0 amide bonds. The summed E-state index contributed by atoms with van der Waals surface area (Å²) in [6, 6.07) is 0. The first-order chi connectivity index (χ1) is 6.27. The van der Waals surface area contributed by atoms with Crippen LogP contribution in [0, 0.1) is 0 Å². The summed E-state index contributed by atoms with van der Waals surface area (Å²) in [6.07, 6.45) is 0.750. The number of nitrogens with zero attached hydrogens (tertiary/aromatic N) is 1. The fourth-order valence-corrected chi connectivity index (χ4v) is 2.13. The first-order valence-electron chi connectivity index (χ1n) is 3.90. The van der Waals surface area contributed by atoms with Crippen LogP contribution in [0.1, 0.15) is 27.2 Å². The van der Waals surface area contributed by atoms with E-state index >= 15 is 0 Å². The first-order valence-corrected chi connectivity index (χ1v) is 5.70. The molecule has 0 radical (unpaired) electrons. The van der Waals surface area contributed by atoms with Gasteiger partial charge in [-0.3, -0.25) is 4.79 Å². The van der Waals surface area contributed by atoms with Crippen LogP contribution in [0.25, 0.3) is 0 Å². The maximum atomic E-state index is 10.4. The van der Waals surface area contributed by atoms with Crippen LogP contribution in [0.3, 0.4) is 0 Å². The molecule has 1 aromatic heterocycles. The summed E-state index contributed by atoms with van der Waals surface area (Å²) in [5.74, 6) is 0. The molecule has 13 heavy (non-hydrogen) atoms. The normalized spacial score (nSPS) is 12.8. The minimum Gasteiger partial charge on any atom is -0.380 e. The number of rotatable bonds is 5. The predicted molar refractivity (Wildman–Crippen MR) is 55.7 cm³/mol. The maximum absolute atomic E-state index is 10.4. The van der Waals surface area contributed by atoms with Crippen molar-refractivity contribution in [3.63, 3.8) is 0 Å². The third-order valence-electron chi connectivity index (χ3n) is 1.40. The first kappa shape index (κ1) is 10.8. The van der Waals surface area contributed by atoms with Gasteiger partial charge < -0.3 is 4.74 Å². The topological polar surface area (TPSA) is 39.2 Å². The van der Waals surface area contributed by atoms with Crippen molar-refractivity contribution >= 4 is 33.6 Å². The summed E-state index contributed by atoms with van der Waals surface area (Å²) < 4.78 is 5.22. The minimum atomic E-state index is 0.0890. The van der Waals surface area contributed by atoms with Gasteiger partial charge >= 0.3 is 0 Å². The molecule has 0 fully saturated rings. The molecule has 0 aliphatic rings. The van der Waals surface area contributed by atoms with Gasteiger partial charge in [-0.05, 0) is 6.92 Å². The van der Waals surface area contributed by atoms with E-state index in [0.29, 0.717) is 18.9 Å². The Morgan fingerprint density at radius 2 is 2.62 bits per heavy atom. The van der Waals surface area contributed by atoms with E-state index in [1.165, 1.54) is 11.3 Å². The van der Waals surface area contributed by atoms with Crippen molar-refractivity contribution in [3.05, 3.63) is 16.1 Å². The zero-order chi connectivity index (χ0) is 9.68. The van der Waals surface area contributed by atoms with E-state index in [1.54, 1.807) is 5.38 Å². The van der Waals surface area contributed by atoms with Crippen LogP contribution in [0.4, 0.5) is 0 Å². The SMILES string of the molecule is CCOCC(Br)c1nc(C=O)cs1. The monoisotopic (exact) mass is 263 g/mol. The lowest BCUT2D eigenvalue weighted by molar-refractivity contribution is 0.111. The van der Waals surface area contributed by atoms with E-state index in [0.717, 1.165) is 11.3 Å². The van der Waals surface area contributed by atoms with Crippen LogP contribution in [-0.2, 0) is 4.74 Å². The van der Waals surface area contributed by atoms with Gasteiger partial charge in [-0.1, -0.05) is 15.9 Å². The van der Waals surface area contributed by atoms with Crippen LogP contribution in [-0.4, -0.2) is 24.5 Å². The number of aromatic nitrogens is 1. The Kier molecular flexibility index (Phi) is 4.55. The molecule has 72 valence electrons. The second-order valence-corrected chi connectivity index (χ2v) is 4.35. The highest BCUT2D eigenvalue weighted by Gasteiger charge is 2.11. The smallest absolute Gasteiger partial charge is 0.169 e. The lowest BCUT2D eigenvalue weighted by Crippen LogP contribution is -2.01. The van der Waals surface area contributed by atoms with Gasteiger partial charge in [-0.15, -0.1) is 11.3 Å². The molecule has 5 heteroatoms. The molecular formula is C8H10BrNO2S. The number of aldehydes is 1. The summed E-state index contributed by atoms with van der Waals surface area (Å²) in [6.45, 7) is 3.22. The fraction of sp³-hybridized carbons (Fsp3) is 0.500. The minimum absolute atomic E-state index is 0.0890. The van der Waals surface area contributed by atoms with Gasteiger partial charge in [0.25, 0.3) is 0 Å². The number of ether oxygens (including phenoxy) is 1. The van der Waals surface area contributed by atoms with Crippen LogP contribution >= 0.6 is 27.3 Å². The average molecular weight is 264 g/mol. The van der Waals surface area contributed by atoms with E-state index in [9.17, 15) is 4.79 Å². The number of carbonyl (C=O) groups is 1. The molecule has 0 aliphatic heterocycles. The standard InChI is InChI=1S/C8H10BrNO2S/c1-2-12-4-7(9)8-10-6(3-11)5-13-8/h3,5,7H,2,4H2,1H3. The lowest BCUT2D eigenvalue weighted by atomic mass is 10.4. The molecule has 1 atom stereocenters. The van der Waals surface area contributed by atoms with Crippen molar-refractivity contribution in [2.75, 3.05) is 13.2 Å². The zero-order valence-corrected chi connectivity index (χ0v) is 9.60. The van der Waals surface area contributed by atoms with Gasteiger partial charge in [-0.25, -0.2) is 4.98 Å². The number of hydrogen-bond acceptors (Lipinski definition) is 4. The highest BCUT2D eigenvalue weighted by Crippen LogP contribution is 2.25. The Bertz CT molecular complexity index is 277. The van der Waals surface area contributed by atoms with E-state index < -0.39 is 0 Å². The largest absolute Gasteiger partial charge is 0.380 e. The van der Waals surface area contributed by atoms with Crippen LogP contribution in [0.15, 0.2) is 5.38 Å². The average Bonchev–Trinajstić information content (AvgIpc) is 2.62. The Labute approximate surface area is 89.3 Å². The Balaban J connectivity index is 2.54. The van der Waals surface area contributed by atoms with Crippen molar-refractivity contribution < 1.29 is 9.53 Å². The zero-order valence-electron chi connectivity index (χ0n) is 7.20. The second-order valence-electron chi connectivity index (χ2n) is 2.36. The van der Waals surface area contributed by atoms with E-state index in [-0.39, 0.29) is 4.83 Å². The summed E-state index contributed by atoms with van der Waals surface area (Å²) in [5.41, 5.74) is 0.487. The molecular weight excluding hydrogens is 254 g/mol. The van der Waals surface area contributed by atoms with E-state index in [2.05, 4.69) is 20.9 Å². The molecule has 3 nitrogen and oxygen atoms in total. The third-order valence-corrected chi connectivity index (χ3v) is 3.37. The van der Waals surface area contributed by atoms with Gasteiger partial charge in [0.05, 0.1) is 11.4 Å². The molecule has 0 saturated carbocycles. The van der Waals surface area contributed by atoms with Gasteiger partial charge in [0, 0.05) is 12.0 Å². The summed E-state index contributed by atoms with van der Waals surface area (Å²) >= 11 is 4.90. The summed E-state index contributed by atoms with van der Waals surface area (Å²) in [4.78, 5) is 14.5. The molecule has 0 saturated heterocycles. The third kappa shape index (κ3) is 3.17. The number of alkyl halides is 1. The van der Waals surface area contributed by atoms with Gasteiger partial charge in [0.1, 0.15) is 10.7 Å². The molecule has 0 bridgehead atoms. The van der Waals surface area contributed by atoms with Crippen molar-refractivity contribution in [2.24, 2.45) is 0 Å².